The summed E-state index contributed by atoms with van der Waals surface area (Å²) in [6.45, 7) is 0.384. The minimum absolute atomic E-state index is 0.0216. The number of rotatable bonds is 7. The third kappa shape index (κ3) is 4.07. The van der Waals surface area contributed by atoms with E-state index in [1.165, 1.54) is 4.31 Å². The van der Waals surface area contributed by atoms with Crippen LogP contribution in [0.15, 0.2) is 18.2 Å². The largest absolute Gasteiger partial charge is 0.454 e. The van der Waals surface area contributed by atoms with Crippen molar-refractivity contribution in [2.24, 2.45) is 0 Å². The number of carbonyl (C=O) groups is 1. The van der Waals surface area contributed by atoms with Crippen LogP contribution in [0.5, 0.6) is 11.5 Å². The molecule has 1 saturated carbocycles. The molecule has 1 aliphatic heterocycles. The molecule has 3 rings (SSSR count). The molecule has 1 heterocycles. The maximum Gasteiger partial charge on any atom is 0.232 e. The number of carbonyl (C=O) groups excluding carboxylic acids is 1. The standard InChI is InChI=1S/C15H20N2O5S/c1-23(19,20)17(8-2-3-15(18)16-11-4-5-11)12-6-7-13-14(9-12)22-10-21-13/h6-7,9,11H,2-5,8,10H2,1H3,(H,16,18). The van der Waals surface area contributed by atoms with Gasteiger partial charge in [0, 0.05) is 25.1 Å². The maximum absolute atomic E-state index is 12.0. The summed E-state index contributed by atoms with van der Waals surface area (Å²) in [5.41, 5.74) is 0.513. The number of ether oxygens (including phenoxy) is 2. The Morgan fingerprint density at radius 1 is 1.30 bits per heavy atom. The van der Waals surface area contributed by atoms with Gasteiger partial charge in [-0.05, 0) is 31.4 Å². The molecule has 1 aromatic rings. The number of fused-ring (bicyclic) bond motifs is 1. The zero-order valence-corrected chi connectivity index (χ0v) is 13.8. The van der Waals surface area contributed by atoms with Crippen LogP contribution in [0.3, 0.4) is 0 Å². The molecule has 0 bridgehead atoms. The summed E-state index contributed by atoms with van der Waals surface area (Å²) in [7, 11) is -3.44. The van der Waals surface area contributed by atoms with Crippen molar-refractivity contribution in [3.05, 3.63) is 18.2 Å². The zero-order valence-electron chi connectivity index (χ0n) is 12.9. The van der Waals surface area contributed by atoms with E-state index in [0.29, 0.717) is 36.1 Å². The molecule has 23 heavy (non-hydrogen) atoms. The second-order valence-corrected chi connectivity index (χ2v) is 7.72. The summed E-state index contributed by atoms with van der Waals surface area (Å²) < 4.78 is 35.9. The fourth-order valence-corrected chi connectivity index (χ4v) is 3.39. The molecule has 1 aliphatic carbocycles. The second kappa shape index (κ2) is 6.27. The van der Waals surface area contributed by atoms with Gasteiger partial charge < -0.3 is 14.8 Å². The van der Waals surface area contributed by atoms with E-state index in [1.54, 1.807) is 18.2 Å². The van der Waals surface area contributed by atoms with Crippen LogP contribution in [0.2, 0.25) is 0 Å². The number of benzene rings is 1. The molecule has 0 atom stereocenters. The van der Waals surface area contributed by atoms with E-state index in [4.69, 9.17) is 9.47 Å². The number of sulfonamides is 1. The molecular formula is C15H20N2O5S. The quantitative estimate of drug-likeness (QED) is 0.807. The van der Waals surface area contributed by atoms with Gasteiger partial charge in [-0.2, -0.15) is 0 Å². The topological polar surface area (TPSA) is 84.9 Å². The first kappa shape index (κ1) is 15.9. The van der Waals surface area contributed by atoms with Gasteiger partial charge >= 0.3 is 0 Å². The first-order valence-corrected chi connectivity index (χ1v) is 9.45. The Kier molecular flexibility index (Phi) is 4.34. The Morgan fingerprint density at radius 2 is 2.04 bits per heavy atom. The average molecular weight is 340 g/mol. The van der Waals surface area contributed by atoms with E-state index < -0.39 is 10.0 Å². The van der Waals surface area contributed by atoms with Crippen molar-refractivity contribution in [2.45, 2.75) is 31.7 Å². The second-order valence-electron chi connectivity index (χ2n) is 5.82. The van der Waals surface area contributed by atoms with E-state index in [9.17, 15) is 13.2 Å². The highest BCUT2D eigenvalue weighted by molar-refractivity contribution is 7.92. The SMILES string of the molecule is CS(=O)(=O)N(CCCC(=O)NC1CC1)c1ccc2c(c1)OCO2. The van der Waals surface area contributed by atoms with Crippen molar-refractivity contribution in [3.63, 3.8) is 0 Å². The van der Waals surface area contributed by atoms with Crippen LogP contribution in [0, 0.1) is 0 Å². The predicted octanol–water partition coefficient (Wildman–Crippen LogP) is 1.24. The molecule has 0 radical (unpaired) electrons. The Balaban J connectivity index is 1.64. The summed E-state index contributed by atoms with van der Waals surface area (Å²) in [4.78, 5) is 11.7. The van der Waals surface area contributed by atoms with E-state index in [-0.39, 0.29) is 19.2 Å². The summed E-state index contributed by atoms with van der Waals surface area (Å²) >= 11 is 0. The minimum Gasteiger partial charge on any atom is -0.454 e. The van der Waals surface area contributed by atoms with Crippen molar-refractivity contribution in [2.75, 3.05) is 23.9 Å². The molecule has 0 aromatic heterocycles. The highest BCUT2D eigenvalue weighted by atomic mass is 32.2. The number of nitrogens with one attached hydrogen (secondary N) is 1. The van der Waals surface area contributed by atoms with E-state index in [1.807, 2.05) is 0 Å². The van der Waals surface area contributed by atoms with Gasteiger partial charge in [-0.25, -0.2) is 8.42 Å². The van der Waals surface area contributed by atoms with Crippen molar-refractivity contribution >= 4 is 21.6 Å². The Bertz CT molecular complexity index is 700. The molecule has 8 heteroatoms. The van der Waals surface area contributed by atoms with Crippen LogP contribution >= 0.6 is 0 Å². The monoisotopic (exact) mass is 340 g/mol. The molecule has 0 saturated heterocycles. The minimum atomic E-state index is -3.44. The summed E-state index contributed by atoms with van der Waals surface area (Å²) in [6.07, 6.45) is 4.01. The van der Waals surface area contributed by atoms with Crippen LogP contribution in [-0.2, 0) is 14.8 Å². The van der Waals surface area contributed by atoms with Gasteiger partial charge in [0.05, 0.1) is 11.9 Å². The number of hydrogen-bond donors (Lipinski definition) is 1. The van der Waals surface area contributed by atoms with E-state index in [2.05, 4.69) is 5.32 Å². The lowest BCUT2D eigenvalue weighted by molar-refractivity contribution is -0.121. The van der Waals surface area contributed by atoms with Gasteiger partial charge in [-0.1, -0.05) is 0 Å². The van der Waals surface area contributed by atoms with Gasteiger partial charge in [0.2, 0.25) is 22.7 Å². The van der Waals surface area contributed by atoms with Crippen LogP contribution in [-0.4, -0.2) is 40.0 Å². The molecule has 1 amide bonds. The Labute approximate surface area is 135 Å². The third-order valence-electron chi connectivity index (χ3n) is 3.75. The van der Waals surface area contributed by atoms with E-state index >= 15 is 0 Å². The zero-order chi connectivity index (χ0) is 16.4. The normalized spacial score (nSPS) is 16.2. The fourth-order valence-electron chi connectivity index (χ4n) is 2.44. The predicted molar refractivity (Wildman–Crippen MR) is 85.2 cm³/mol. The first-order valence-electron chi connectivity index (χ1n) is 7.60. The van der Waals surface area contributed by atoms with E-state index in [0.717, 1.165) is 19.1 Å². The van der Waals surface area contributed by atoms with Gasteiger partial charge in [0.15, 0.2) is 11.5 Å². The van der Waals surface area contributed by atoms with Crippen LogP contribution < -0.4 is 19.1 Å². The van der Waals surface area contributed by atoms with Crippen LogP contribution in [0.25, 0.3) is 0 Å². The molecule has 0 spiro atoms. The molecule has 7 nitrogen and oxygen atoms in total. The smallest absolute Gasteiger partial charge is 0.232 e. The molecule has 0 unspecified atom stereocenters. The van der Waals surface area contributed by atoms with Gasteiger partial charge in [-0.15, -0.1) is 0 Å². The Hall–Kier alpha value is -1.96. The maximum atomic E-state index is 12.0. The van der Waals surface area contributed by atoms with Crippen molar-refractivity contribution in [3.8, 4) is 11.5 Å². The lowest BCUT2D eigenvalue weighted by Crippen LogP contribution is -2.32. The molecule has 126 valence electrons. The highest BCUT2D eigenvalue weighted by Gasteiger charge is 2.24. The van der Waals surface area contributed by atoms with Gasteiger partial charge in [0.1, 0.15) is 0 Å². The lowest BCUT2D eigenvalue weighted by atomic mass is 10.2. The number of anilines is 1. The van der Waals surface area contributed by atoms with Crippen molar-refractivity contribution in [1.82, 2.24) is 5.32 Å². The summed E-state index contributed by atoms with van der Waals surface area (Å²) in [6, 6.07) is 5.34. The highest BCUT2D eigenvalue weighted by Crippen LogP contribution is 2.36. The lowest BCUT2D eigenvalue weighted by Gasteiger charge is -2.22. The van der Waals surface area contributed by atoms with Crippen LogP contribution in [0.1, 0.15) is 25.7 Å². The number of amides is 1. The fraction of sp³-hybridized carbons (Fsp3) is 0.533. The molecule has 2 aliphatic rings. The Morgan fingerprint density at radius 3 is 2.74 bits per heavy atom. The van der Waals surface area contributed by atoms with Gasteiger partial charge in [-0.3, -0.25) is 9.10 Å². The summed E-state index contributed by atoms with van der Waals surface area (Å²) in [5, 5.41) is 2.90. The first-order chi connectivity index (χ1) is 10.9. The van der Waals surface area contributed by atoms with Crippen molar-refractivity contribution in [1.29, 1.82) is 0 Å². The average Bonchev–Trinajstić information content (AvgIpc) is 3.15. The molecule has 1 N–H and O–H groups in total. The van der Waals surface area contributed by atoms with Crippen molar-refractivity contribution < 1.29 is 22.7 Å². The third-order valence-corrected chi connectivity index (χ3v) is 4.95. The molecular weight excluding hydrogens is 320 g/mol. The van der Waals surface area contributed by atoms with Gasteiger partial charge in [0.25, 0.3) is 0 Å². The molecule has 1 aromatic carbocycles. The van der Waals surface area contributed by atoms with Crippen LogP contribution in [0.4, 0.5) is 5.69 Å². The number of nitrogens with zero attached hydrogens (tertiary/aromatic N) is 1. The summed E-state index contributed by atoms with van der Waals surface area (Å²) in [5.74, 6) is 1.11. The number of hydrogen-bond acceptors (Lipinski definition) is 5. The molecule has 1 fully saturated rings.